The van der Waals surface area contributed by atoms with E-state index in [-0.39, 0.29) is 0 Å². The fourth-order valence-electron chi connectivity index (χ4n) is 1.33. The highest BCUT2D eigenvalue weighted by atomic mass is 19.4. The molecule has 1 aromatic rings. The fraction of sp³-hybridized carbons (Fsp3) is 0.333. The first-order valence-corrected chi connectivity index (χ1v) is 4.33. The van der Waals surface area contributed by atoms with Gasteiger partial charge in [-0.3, -0.25) is 10.1 Å². The first-order valence-electron chi connectivity index (χ1n) is 4.33. The quantitative estimate of drug-likeness (QED) is 0.661. The van der Waals surface area contributed by atoms with Gasteiger partial charge in [0.15, 0.2) is 6.10 Å². The van der Waals surface area contributed by atoms with E-state index in [9.17, 15) is 23.3 Å². The van der Waals surface area contributed by atoms with Gasteiger partial charge in [0.25, 0.3) is 5.69 Å². The van der Waals surface area contributed by atoms with Crippen molar-refractivity contribution in [1.29, 1.82) is 0 Å². The van der Waals surface area contributed by atoms with Crippen LogP contribution in [0.25, 0.3) is 0 Å². The van der Waals surface area contributed by atoms with Crippen LogP contribution in [0.15, 0.2) is 18.2 Å². The van der Waals surface area contributed by atoms with Gasteiger partial charge in [-0.1, -0.05) is 0 Å². The van der Waals surface area contributed by atoms with Gasteiger partial charge in [0.1, 0.15) is 5.75 Å². The Morgan fingerprint density at radius 1 is 1.41 bits per heavy atom. The van der Waals surface area contributed by atoms with Gasteiger partial charge in [-0.25, -0.2) is 0 Å². The lowest BCUT2D eigenvalue weighted by Gasteiger charge is -2.18. The molecule has 94 valence electrons. The van der Waals surface area contributed by atoms with Crippen LogP contribution in [0, 0.1) is 10.1 Å². The van der Waals surface area contributed by atoms with Crippen LogP contribution in [0.2, 0.25) is 0 Å². The Bertz CT molecular complexity index is 433. The second-order valence-corrected chi connectivity index (χ2v) is 3.20. The van der Waals surface area contributed by atoms with Crippen molar-refractivity contribution in [2.24, 2.45) is 0 Å². The lowest BCUT2D eigenvalue weighted by atomic mass is 10.1. The molecule has 1 unspecified atom stereocenters. The molecule has 0 heterocycles. The molecule has 5 nitrogen and oxygen atoms in total. The molecule has 0 amide bonds. The highest BCUT2D eigenvalue weighted by Gasteiger charge is 2.41. The van der Waals surface area contributed by atoms with Gasteiger partial charge in [0.2, 0.25) is 0 Å². The van der Waals surface area contributed by atoms with E-state index in [1.165, 1.54) is 0 Å². The van der Waals surface area contributed by atoms with Crippen molar-refractivity contribution >= 4 is 5.69 Å². The minimum atomic E-state index is -4.71. The maximum absolute atomic E-state index is 12.5. The first kappa shape index (κ1) is 13.2. The molecule has 0 radical (unpaired) electrons. The number of methoxy groups -OCH3 is 1. The molecule has 0 aliphatic heterocycles. The summed E-state index contributed by atoms with van der Waals surface area (Å²) in [7, 11) is 0.827. The maximum atomic E-state index is 12.5. The number of rotatable bonds is 3. The number of alkyl halides is 3. The third-order valence-corrected chi connectivity index (χ3v) is 1.97. The van der Waals surface area contributed by atoms with Crippen molar-refractivity contribution in [2.45, 2.75) is 12.3 Å². The number of halogens is 3. The second kappa shape index (κ2) is 4.58. The minimum Gasteiger partial charge on any atom is -0.508 e. The highest BCUT2D eigenvalue weighted by molar-refractivity contribution is 5.43. The third-order valence-electron chi connectivity index (χ3n) is 1.97. The predicted molar refractivity (Wildman–Crippen MR) is 50.6 cm³/mol. The van der Waals surface area contributed by atoms with Crippen LogP contribution in [0.1, 0.15) is 11.7 Å². The number of ether oxygens (including phenoxy) is 1. The molecule has 0 spiro atoms. The van der Waals surface area contributed by atoms with E-state index >= 15 is 0 Å². The SMILES string of the molecule is COC(c1cc(O)cc([N+](=O)[O-])c1)C(F)(F)F. The van der Waals surface area contributed by atoms with Crippen molar-refractivity contribution in [3.05, 3.63) is 33.9 Å². The van der Waals surface area contributed by atoms with E-state index in [4.69, 9.17) is 5.11 Å². The van der Waals surface area contributed by atoms with Gasteiger partial charge in [-0.05, 0) is 6.07 Å². The van der Waals surface area contributed by atoms with Crippen molar-refractivity contribution < 1.29 is 27.9 Å². The van der Waals surface area contributed by atoms with Crippen molar-refractivity contribution in [3.8, 4) is 5.75 Å². The van der Waals surface area contributed by atoms with Crippen LogP contribution in [-0.4, -0.2) is 23.3 Å². The molecule has 0 aliphatic carbocycles. The molecule has 1 N–H and O–H groups in total. The van der Waals surface area contributed by atoms with Crippen molar-refractivity contribution in [1.82, 2.24) is 0 Å². The van der Waals surface area contributed by atoms with E-state index in [0.29, 0.717) is 6.07 Å². The Hall–Kier alpha value is -1.83. The van der Waals surface area contributed by atoms with Crippen LogP contribution < -0.4 is 0 Å². The Kier molecular flexibility index (Phi) is 3.56. The molecular formula is C9H8F3NO4. The summed E-state index contributed by atoms with van der Waals surface area (Å²) in [5.74, 6) is -0.625. The van der Waals surface area contributed by atoms with Gasteiger partial charge < -0.3 is 9.84 Å². The summed E-state index contributed by atoms with van der Waals surface area (Å²) in [6.07, 6.45) is -7.02. The van der Waals surface area contributed by atoms with Crippen LogP contribution in [-0.2, 0) is 4.74 Å². The normalized spacial score (nSPS) is 13.4. The monoisotopic (exact) mass is 251 g/mol. The second-order valence-electron chi connectivity index (χ2n) is 3.20. The number of nitro groups is 1. The highest BCUT2D eigenvalue weighted by Crippen LogP contribution is 2.37. The summed E-state index contributed by atoms with van der Waals surface area (Å²) >= 11 is 0. The molecule has 17 heavy (non-hydrogen) atoms. The topological polar surface area (TPSA) is 72.6 Å². The Morgan fingerprint density at radius 2 is 2.00 bits per heavy atom. The number of nitrogens with zero attached hydrogens (tertiary/aromatic N) is 1. The van der Waals surface area contributed by atoms with Crippen molar-refractivity contribution in [3.63, 3.8) is 0 Å². The third kappa shape index (κ3) is 3.06. The molecule has 1 aromatic carbocycles. The summed E-state index contributed by atoms with van der Waals surface area (Å²) in [6.45, 7) is 0. The molecule has 0 bridgehead atoms. The number of non-ortho nitro benzene ring substituents is 1. The largest absolute Gasteiger partial charge is 0.508 e. The molecule has 8 heteroatoms. The van der Waals surface area contributed by atoms with Gasteiger partial charge in [0.05, 0.1) is 11.0 Å². The minimum absolute atomic E-state index is 0.522. The van der Waals surface area contributed by atoms with Crippen LogP contribution in [0.4, 0.5) is 18.9 Å². The number of phenolic OH excluding ortho intramolecular Hbond substituents is 1. The summed E-state index contributed by atoms with van der Waals surface area (Å²) in [4.78, 5) is 9.54. The summed E-state index contributed by atoms with van der Waals surface area (Å²) < 4.78 is 41.7. The van der Waals surface area contributed by atoms with Gasteiger partial charge in [-0.15, -0.1) is 0 Å². The lowest BCUT2D eigenvalue weighted by molar-refractivity contribution is -0.385. The maximum Gasteiger partial charge on any atom is 0.418 e. The molecule has 0 aliphatic rings. The first-order chi connectivity index (χ1) is 7.75. The zero-order valence-corrected chi connectivity index (χ0v) is 8.56. The van der Waals surface area contributed by atoms with E-state index < -0.39 is 34.2 Å². The van der Waals surface area contributed by atoms with E-state index in [2.05, 4.69) is 4.74 Å². The number of aromatic hydroxyl groups is 1. The number of nitro benzene ring substituents is 1. The molecule has 0 saturated heterocycles. The van der Waals surface area contributed by atoms with Crippen LogP contribution in [0.3, 0.4) is 0 Å². The summed E-state index contributed by atoms with van der Waals surface area (Å²) in [6, 6.07) is 2.24. The van der Waals surface area contributed by atoms with Crippen molar-refractivity contribution in [2.75, 3.05) is 7.11 Å². The lowest BCUT2D eigenvalue weighted by Crippen LogP contribution is -2.22. The van der Waals surface area contributed by atoms with Crippen LogP contribution >= 0.6 is 0 Å². The average molecular weight is 251 g/mol. The molecule has 1 rings (SSSR count). The summed E-state index contributed by atoms with van der Waals surface area (Å²) in [5.41, 5.74) is -1.15. The fourth-order valence-corrected chi connectivity index (χ4v) is 1.33. The number of hydrogen-bond acceptors (Lipinski definition) is 4. The van der Waals surface area contributed by atoms with Crippen LogP contribution in [0.5, 0.6) is 5.75 Å². The molecule has 0 aromatic heterocycles. The standard InChI is InChI=1S/C9H8F3NO4/c1-17-8(9(10,11)12)5-2-6(13(15)16)4-7(14)3-5/h2-4,8,14H,1H3. The zero-order chi connectivity index (χ0) is 13.2. The number of phenols is 1. The Morgan fingerprint density at radius 3 is 2.41 bits per heavy atom. The molecule has 1 atom stereocenters. The molecule has 0 fully saturated rings. The van der Waals surface area contributed by atoms with E-state index in [1.54, 1.807) is 0 Å². The average Bonchev–Trinajstić information content (AvgIpc) is 2.15. The van der Waals surface area contributed by atoms with E-state index in [1.807, 2.05) is 0 Å². The molecular weight excluding hydrogens is 243 g/mol. The summed E-state index contributed by atoms with van der Waals surface area (Å²) in [5, 5.41) is 19.6. The van der Waals surface area contributed by atoms with E-state index in [0.717, 1.165) is 19.2 Å². The Labute approximate surface area is 93.6 Å². The van der Waals surface area contributed by atoms with Gasteiger partial charge in [-0.2, -0.15) is 13.2 Å². The Balaban J connectivity index is 3.25. The number of hydrogen-bond donors (Lipinski definition) is 1. The smallest absolute Gasteiger partial charge is 0.418 e. The molecule has 0 saturated carbocycles. The number of benzene rings is 1. The van der Waals surface area contributed by atoms with Gasteiger partial charge >= 0.3 is 6.18 Å². The van der Waals surface area contributed by atoms with Gasteiger partial charge in [0, 0.05) is 18.7 Å². The zero-order valence-electron chi connectivity index (χ0n) is 8.56. The predicted octanol–water partition coefficient (Wildman–Crippen LogP) is 2.55.